The molecule has 1 atom stereocenters. The Labute approximate surface area is 110 Å². The average Bonchev–Trinajstić information content (AvgIpc) is 2.27. The second-order valence-electron chi connectivity index (χ2n) is 3.64. The lowest BCUT2D eigenvalue weighted by Crippen LogP contribution is -2.29. The average molecular weight is 272 g/mol. The van der Waals surface area contributed by atoms with Crippen molar-refractivity contribution in [3.8, 4) is 0 Å². The molecule has 0 spiro atoms. The molecule has 0 aliphatic rings. The third-order valence-corrected chi connectivity index (χ3v) is 1.97. The summed E-state index contributed by atoms with van der Waals surface area (Å²) in [5, 5.41) is 8.33. The second kappa shape index (κ2) is 8.83. The summed E-state index contributed by atoms with van der Waals surface area (Å²) < 4.78 is 0. The molecule has 1 aromatic rings. The number of aliphatic carboxylic acids is 1. The number of anilines is 3. The third-order valence-electron chi connectivity index (χ3n) is 1.97. The zero-order chi connectivity index (χ0) is 14.8. The van der Waals surface area contributed by atoms with Gasteiger partial charge < -0.3 is 33.8 Å². The van der Waals surface area contributed by atoms with E-state index in [0.717, 1.165) is 12.8 Å². The fraction of sp³-hybridized carbons (Fsp3) is 0.556. The normalized spacial score (nSPS) is 11.3. The Kier molecular flexibility index (Phi) is 7.81. The molecule has 0 fully saturated rings. The number of rotatable bonds is 5. The quantitative estimate of drug-likeness (QED) is 0.329. The van der Waals surface area contributed by atoms with Gasteiger partial charge >= 0.3 is 5.97 Å². The number of hydrogen-bond donors (Lipinski definition) is 6. The van der Waals surface area contributed by atoms with Crippen molar-refractivity contribution < 1.29 is 9.90 Å². The minimum atomic E-state index is -0.933. The van der Waals surface area contributed by atoms with Crippen LogP contribution in [0.5, 0.6) is 0 Å². The van der Waals surface area contributed by atoms with E-state index in [4.69, 9.17) is 33.8 Å². The fourth-order valence-electron chi connectivity index (χ4n) is 1.06. The van der Waals surface area contributed by atoms with Crippen molar-refractivity contribution in [2.24, 2.45) is 11.5 Å². The standard InChI is InChI=1S/C6H14N2O2.C3H6N6/c7-4-2-1-3-5(8)6(9)10;4-1-7-2(5)9-3(6)8-1/h5H,1-4,7-8H2,(H,9,10);(H6,4,5,6,7,8,9)/t5-;/m0./s1. The highest BCUT2D eigenvalue weighted by Gasteiger charge is 2.09. The monoisotopic (exact) mass is 272 g/mol. The van der Waals surface area contributed by atoms with Crippen LogP contribution < -0.4 is 28.7 Å². The van der Waals surface area contributed by atoms with Crippen LogP contribution in [0.3, 0.4) is 0 Å². The molecule has 11 N–H and O–H groups in total. The third kappa shape index (κ3) is 8.51. The Hall–Kier alpha value is -2.20. The summed E-state index contributed by atoms with van der Waals surface area (Å²) in [7, 11) is 0. The van der Waals surface area contributed by atoms with Crippen LogP contribution in [0.4, 0.5) is 17.8 Å². The molecule has 10 heteroatoms. The summed E-state index contributed by atoms with van der Waals surface area (Å²) in [4.78, 5) is 20.6. The van der Waals surface area contributed by atoms with Crippen molar-refractivity contribution in [3.05, 3.63) is 0 Å². The molecule has 1 aromatic heterocycles. The van der Waals surface area contributed by atoms with Gasteiger partial charge in [-0.25, -0.2) is 0 Å². The maximum atomic E-state index is 10.1. The molecule has 19 heavy (non-hydrogen) atoms. The zero-order valence-electron chi connectivity index (χ0n) is 10.5. The number of carbonyl (C=O) groups is 1. The highest BCUT2D eigenvalue weighted by Crippen LogP contribution is 1.97. The van der Waals surface area contributed by atoms with Gasteiger partial charge in [-0.05, 0) is 19.4 Å². The number of nitrogen functional groups attached to an aromatic ring is 3. The molecule has 108 valence electrons. The number of carboxylic acid groups (broad SMARTS) is 1. The Balaban J connectivity index is 0.000000342. The highest BCUT2D eigenvalue weighted by atomic mass is 16.4. The van der Waals surface area contributed by atoms with Crippen LogP contribution in [0.15, 0.2) is 0 Å². The number of hydrogen-bond acceptors (Lipinski definition) is 9. The van der Waals surface area contributed by atoms with E-state index in [1.54, 1.807) is 0 Å². The Morgan fingerprint density at radius 2 is 1.47 bits per heavy atom. The van der Waals surface area contributed by atoms with Gasteiger partial charge in [-0.15, -0.1) is 0 Å². The molecule has 0 radical (unpaired) electrons. The molecule has 0 aliphatic carbocycles. The lowest BCUT2D eigenvalue weighted by Gasteiger charge is -2.03. The van der Waals surface area contributed by atoms with E-state index in [2.05, 4.69) is 15.0 Å². The molecule has 0 amide bonds. The molecule has 0 saturated carbocycles. The van der Waals surface area contributed by atoms with E-state index < -0.39 is 12.0 Å². The highest BCUT2D eigenvalue weighted by molar-refractivity contribution is 5.72. The summed E-state index contributed by atoms with van der Waals surface area (Å²) in [6, 6.07) is -0.716. The van der Waals surface area contributed by atoms with E-state index in [9.17, 15) is 4.79 Å². The Morgan fingerprint density at radius 3 is 1.79 bits per heavy atom. The molecule has 10 nitrogen and oxygen atoms in total. The van der Waals surface area contributed by atoms with Crippen molar-refractivity contribution in [2.75, 3.05) is 23.7 Å². The van der Waals surface area contributed by atoms with Crippen LogP contribution in [0, 0.1) is 0 Å². The minimum Gasteiger partial charge on any atom is -0.480 e. The smallest absolute Gasteiger partial charge is 0.320 e. The molecule has 1 rings (SSSR count). The lowest BCUT2D eigenvalue weighted by molar-refractivity contribution is -0.138. The number of carboxylic acids is 1. The maximum Gasteiger partial charge on any atom is 0.320 e. The van der Waals surface area contributed by atoms with E-state index in [1.165, 1.54) is 0 Å². The van der Waals surface area contributed by atoms with Gasteiger partial charge in [0, 0.05) is 0 Å². The summed E-state index contributed by atoms with van der Waals surface area (Å²) in [6.45, 7) is 0.604. The van der Waals surface area contributed by atoms with Gasteiger partial charge in [0.25, 0.3) is 0 Å². The summed E-state index contributed by atoms with van der Waals surface area (Å²) in [5.74, 6) is -0.808. The largest absolute Gasteiger partial charge is 0.480 e. The van der Waals surface area contributed by atoms with Gasteiger partial charge in [0.05, 0.1) is 0 Å². The lowest BCUT2D eigenvalue weighted by atomic mass is 10.1. The van der Waals surface area contributed by atoms with Gasteiger partial charge in [0.2, 0.25) is 17.8 Å². The molecular weight excluding hydrogens is 252 g/mol. The number of aromatic nitrogens is 3. The predicted molar refractivity (Wildman–Crippen MR) is 71.6 cm³/mol. The van der Waals surface area contributed by atoms with Crippen molar-refractivity contribution in [2.45, 2.75) is 25.3 Å². The SMILES string of the molecule is NCCCC[C@H](N)C(=O)O.Nc1nc(N)nc(N)n1. The van der Waals surface area contributed by atoms with Gasteiger partial charge in [-0.1, -0.05) is 6.42 Å². The van der Waals surface area contributed by atoms with Gasteiger partial charge in [0.15, 0.2) is 0 Å². The Bertz CT molecular complexity index is 349. The molecule has 0 aromatic carbocycles. The molecular formula is C9H20N8O2. The second-order valence-corrected chi connectivity index (χ2v) is 3.64. The minimum absolute atomic E-state index is 0.0417. The van der Waals surface area contributed by atoms with Crippen LogP contribution >= 0.6 is 0 Å². The van der Waals surface area contributed by atoms with Gasteiger partial charge in [-0.3, -0.25) is 4.79 Å². The van der Waals surface area contributed by atoms with E-state index >= 15 is 0 Å². The Morgan fingerprint density at radius 1 is 1.05 bits per heavy atom. The number of nitrogens with two attached hydrogens (primary N) is 5. The number of nitrogens with zero attached hydrogens (tertiary/aromatic N) is 3. The molecule has 0 bridgehead atoms. The summed E-state index contributed by atoms with van der Waals surface area (Å²) in [6.07, 6.45) is 2.16. The zero-order valence-corrected chi connectivity index (χ0v) is 10.5. The maximum absolute atomic E-state index is 10.1. The first-order chi connectivity index (χ1) is 8.86. The van der Waals surface area contributed by atoms with Crippen LogP contribution in [0.1, 0.15) is 19.3 Å². The van der Waals surface area contributed by atoms with Gasteiger partial charge in [-0.2, -0.15) is 15.0 Å². The van der Waals surface area contributed by atoms with E-state index in [1.807, 2.05) is 0 Å². The molecule has 1 heterocycles. The van der Waals surface area contributed by atoms with E-state index in [0.29, 0.717) is 13.0 Å². The van der Waals surface area contributed by atoms with Crippen molar-refractivity contribution in [1.29, 1.82) is 0 Å². The van der Waals surface area contributed by atoms with E-state index in [-0.39, 0.29) is 17.8 Å². The first kappa shape index (κ1) is 16.8. The molecule has 0 aliphatic heterocycles. The first-order valence-corrected chi connectivity index (χ1v) is 5.57. The van der Waals surface area contributed by atoms with Crippen LogP contribution in [0.25, 0.3) is 0 Å². The number of unbranched alkanes of at least 4 members (excludes halogenated alkanes) is 1. The fourth-order valence-corrected chi connectivity index (χ4v) is 1.06. The predicted octanol–water partition coefficient (Wildman–Crippen LogP) is -1.85. The molecule has 0 unspecified atom stereocenters. The van der Waals surface area contributed by atoms with Crippen LogP contribution in [-0.4, -0.2) is 38.6 Å². The van der Waals surface area contributed by atoms with Crippen molar-refractivity contribution in [3.63, 3.8) is 0 Å². The van der Waals surface area contributed by atoms with Crippen molar-refractivity contribution in [1.82, 2.24) is 15.0 Å². The van der Waals surface area contributed by atoms with Crippen molar-refractivity contribution >= 4 is 23.8 Å². The topological polar surface area (TPSA) is 206 Å². The van der Waals surface area contributed by atoms with Crippen LogP contribution in [-0.2, 0) is 4.79 Å². The molecule has 0 saturated heterocycles. The first-order valence-electron chi connectivity index (χ1n) is 5.57. The van der Waals surface area contributed by atoms with Crippen LogP contribution in [0.2, 0.25) is 0 Å². The van der Waals surface area contributed by atoms with Gasteiger partial charge in [0.1, 0.15) is 6.04 Å². The summed E-state index contributed by atoms with van der Waals surface area (Å²) >= 11 is 0. The summed E-state index contributed by atoms with van der Waals surface area (Å²) in [5.41, 5.74) is 25.8.